The first-order valence-corrected chi connectivity index (χ1v) is 7.64. The number of nitrogens with zero attached hydrogens (tertiary/aromatic N) is 2. The minimum atomic E-state index is 0.652. The van der Waals surface area contributed by atoms with Gasteiger partial charge in [-0.1, -0.05) is 29.8 Å². The molecule has 1 N–H and O–H groups in total. The number of likely N-dealkylation sites (tertiary alicyclic amines) is 1. The molecule has 1 aromatic heterocycles. The predicted molar refractivity (Wildman–Crippen MR) is 81.9 cm³/mol. The van der Waals surface area contributed by atoms with Crippen LogP contribution in [0.25, 0.3) is 10.9 Å². The summed E-state index contributed by atoms with van der Waals surface area (Å²) >= 11 is 6.35. The van der Waals surface area contributed by atoms with Crippen molar-refractivity contribution in [3.05, 3.63) is 41.0 Å². The smallest absolute Gasteiger partial charge is 0.134 e. The normalized spacial score (nSPS) is 26.2. The molecule has 2 unspecified atom stereocenters. The van der Waals surface area contributed by atoms with E-state index in [1.807, 2.05) is 18.2 Å². The molecule has 0 aliphatic carbocycles. The number of hydrogen-bond acceptors (Lipinski definition) is 3. The molecule has 3 nitrogen and oxygen atoms in total. The van der Waals surface area contributed by atoms with Crippen LogP contribution >= 0.6 is 11.6 Å². The molecular formula is C16H18ClN3. The first kappa shape index (κ1) is 12.6. The number of para-hydroxylation sites is 1. The number of pyridine rings is 1. The highest BCUT2D eigenvalue weighted by Gasteiger charge is 2.35. The van der Waals surface area contributed by atoms with E-state index in [9.17, 15) is 0 Å². The highest BCUT2D eigenvalue weighted by molar-refractivity contribution is 6.30. The highest BCUT2D eigenvalue weighted by Crippen LogP contribution is 2.29. The summed E-state index contributed by atoms with van der Waals surface area (Å²) in [6.07, 6.45) is 0. The lowest BCUT2D eigenvalue weighted by atomic mass is 10.0. The fourth-order valence-electron chi connectivity index (χ4n) is 3.57. The molecular weight excluding hydrogens is 270 g/mol. The van der Waals surface area contributed by atoms with Gasteiger partial charge in [-0.25, -0.2) is 4.98 Å². The summed E-state index contributed by atoms with van der Waals surface area (Å²) in [4.78, 5) is 7.04. The van der Waals surface area contributed by atoms with Gasteiger partial charge in [-0.3, -0.25) is 4.90 Å². The maximum absolute atomic E-state index is 6.35. The average Bonchev–Trinajstić information content (AvgIpc) is 3.00. The number of halogens is 1. The lowest BCUT2D eigenvalue weighted by molar-refractivity contribution is 0.305. The molecule has 2 fully saturated rings. The van der Waals surface area contributed by atoms with Crippen LogP contribution in [-0.2, 0) is 6.54 Å². The van der Waals surface area contributed by atoms with Crippen molar-refractivity contribution in [1.29, 1.82) is 0 Å². The first-order valence-electron chi connectivity index (χ1n) is 7.27. The molecule has 4 rings (SSSR count). The van der Waals surface area contributed by atoms with Gasteiger partial charge in [0, 0.05) is 30.6 Å². The van der Waals surface area contributed by atoms with Crippen LogP contribution in [0.3, 0.4) is 0 Å². The van der Waals surface area contributed by atoms with Gasteiger partial charge in [0.1, 0.15) is 5.15 Å². The van der Waals surface area contributed by atoms with Crippen molar-refractivity contribution in [2.45, 2.75) is 6.54 Å². The van der Waals surface area contributed by atoms with Crippen molar-refractivity contribution in [1.82, 2.24) is 15.2 Å². The van der Waals surface area contributed by atoms with E-state index in [4.69, 9.17) is 11.6 Å². The Morgan fingerprint density at radius 1 is 1.20 bits per heavy atom. The maximum Gasteiger partial charge on any atom is 0.134 e. The first-order chi connectivity index (χ1) is 9.79. The number of nitrogens with one attached hydrogen (secondary N) is 1. The zero-order chi connectivity index (χ0) is 13.5. The topological polar surface area (TPSA) is 28.2 Å². The van der Waals surface area contributed by atoms with Gasteiger partial charge < -0.3 is 5.32 Å². The van der Waals surface area contributed by atoms with Crippen LogP contribution in [0.2, 0.25) is 5.15 Å². The van der Waals surface area contributed by atoms with E-state index in [-0.39, 0.29) is 0 Å². The molecule has 2 aliphatic rings. The largest absolute Gasteiger partial charge is 0.316 e. The Labute approximate surface area is 123 Å². The average molecular weight is 288 g/mol. The van der Waals surface area contributed by atoms with Crippen molar-refractivity contribution < 1.29 is 0 Å². The SMILES string of the molecule is Clc1nc2ccccc2cc1CN1CC2CNCC2C1. The van der Waals surface area contributed by atoms with Gasteiger partial charge in [0.2, 0.25) is 0 Å². The Hall–Kier alpha value is -1.16. The van der Waals surface area contributed by atoms with E-state index in [0.29, 0.717) is 5.15 Å². The van der Waals surface area contributed by atoms with Crippen LogP contribution in [0.1, 0.15) is 5.56 Å². The molecule has 4 heteroatoms. The molecule has 2 aromatic rings. The lowest BCUT2D eigenvalue weighted by Crippen LogP contribution is -2.25. The van der Waals surface area contributed by atoms with Crippen LogP contribution in [0, 0.1) is 11.8 Å². The van der Waals surface area contributed by atoms with E-state index in [1.165, 1.54) is 31.6 Å². The van der Waals surface area contributed by atoms with Gasteiger partial charge in [-0.15, -0.1) is 0 Å². The third-order valence-electron chi connectivity index (χ3n) is 4.61. The van der Waals surface area contributed by atoms with E-state index in [0.717, 1.165) is 29.5 Å². The number of aromatic nitrogens is 1. The quantitative estimate of drug-likeness (QED) is 0.861. The molecule has 20 heavy (non-hydrogen) atoms. The van der Waals surface area contributed by atoms with Crippen LogP contribution in [0.5, 0.6) is 0 Å². The minimum Gasteiger partial charge on any atom is -0.316 e. The zero-order valence-electron chi connectivity index (χ0n) is 11.3. The Balaban J connectivity index is 1.58. The van der Waals surface area contributed by atoms with Crippen LogP contribution in [-0.4, -0.2) is 36.1 Å². The summed E-state index contributed by atoms with van der Waals surface area (Å²) < 4.78 is 0. The van der Waals surface area contributed by atoms with Gasteiger partial charge in [-0.2, -0.15) is 0 Å². The monoisotopic (exact) mass is 287 g/mol. The molecule has 1 aromatic carbocycles. The molecule has 0 saturated carbocycles. The lowest BCUT2D eigenvalue weighted by Gasteiger charge is -2.17. The van der Waals surface area contributed by atoms with E-state index < -0.39 is 0 Å². The molecule has 104 valence electrons. The number of hydrogen-bond donors (Lipinski definition) is 1. The van der Waals surface area contributed by atoms with Gasteiger partial charge in [0.05, 0.1) is 5.52 Å². The number of rotatable bonds is 2. The maximum atomic E-state index is 6.35. The molecule has 2 atom stereocenters. The second kappa shape index (κ2) is 4.99. The molecule has 0 amide bonds. The fourth-order valence-corrected chi connectivity index (χ4v) is 3.77. The van der Waals surface area contributed by atoms with Crippen LogP contribution in [0.4, 0.5) is 0 Å². The van der Waals surface area contributed by atoms with E-state index >= 15 is 0 Å². The van der Waals surface area contributed by atoms with Crippen LogP contribution < -0.4 is 5.32 Å². The number of benzene rings is 1. The van der Waals surface area contributed by atoms with Crippen molar-refractivity contribution in [3.8, 4) is 0 Å². The van der Waals surface area contributed by atoms with Gasteiger partial charge in [-0.05, 0) is 37.1 Å². The Morgan fingerprint density at radius 2 is 1.95 bits per heavy atom. The number of fused-ring (bicyclic) bond motifs is 2. The third kappa shape index (κ3) is 2.20. The molecule has 2 aliphatic heterocycles. The summed E-state index contributed by atoms with van der Waals surface area (Å²) in [7, 11) is 0. The van der Waals surface area contributed by atoms with Gasteiger partial charge in [0.25, 0.3) is 0 Å². The van der Waals surface area contributed by atoms with Crippen molar-refractivity contribution in [3.63, 3.8) is 0 Å². The molecule has 2 saturated heterocycles. The van der Waals surface area contributed by atoms with Crippen molar-refractivity contribution in [2.24, 2.45) is 11.8 Å². The summed E-state index contributed by atoms with van der Waals surface area (Å²) in [5, 5.41) is 5.30. The van der Waals surface area contributed by atoms with E-state index in [1.54, 1.807) is 0 Å². The van der Waals surface area contributed by atoms with Gasteiger partial charge in [0.15, 0.2) is 0 Å². The van der Waals surface area contributed by atoms with Crippen molar-refractivity contribution >= 4 is 22.5 Å². The molecule has 3 heterocycles. The molecule has 0 radical (unpaired) electrons. The third-order valence-corrected chi connectivity index (χ3v) is 4.94. The van der Waals surface area contributed by atoms with Crippen LogP contribution in [0.15, 0.2) is 30.3 Å². The Kier molecular flexibility index (Phi) is 3.14. The Morgan fingerprint density at radius 3 is 2.75 bits per heavy atom. The summed E-state index contributed by atoms with van der Waals surface area (Å²) in [6.45, 7) is 5.63. The molecule has 0 spiro atoms. The van der Waals surface area contributed by atoms with Crippen molar-refractivity contribution in [2.75, 3.05) is 26.2 Å². The standard InChI is InChI=1S/C16H18ClN3/c17-16-12(5-11-3-1-2-4-15(11)19-16)8-20-9-13-6-18-7-14(13)10-20/h1-5,13-14,18H,6-10H2. The predicted octanol–water partition coefficient (Wildman–Crippen LogP) is 2.54. The Bertz CT molecular complexity index is 631. The van der Waals surface area contributed by atoms with Gasteiger partial charge >= 0.3 is 0 Å². The fraction of sp³-hybridized carbons (Fsp3) is 0.438. The summed E-state index contributed by atoms with van der Waals surface area (Å²) in [5.41, 5.74) is 2.13. The highest BCUT2D eigenvalue weighted by atomic mass is 35.5. The minimum absolute atomic E-state index is 0.652. The zero-order valence-corrected chi connectivity index (χ0v) is 12.1. The van der Waals surface area contributed by atoms with E-state index in [2.05, 4.69) is 27.3 Å². The molecule has 0 bridgehead atoms. The summed E-state index contributed by atoms with van der Waals surface area (Å²) in [6, 6.07) is 10.4. The second-order valence-corrected chi connectivity index (χ2v) is 6.36. The summed E-state index contributed by atoms with van der Waals surface area (Å²) in [5.74, 6) is 1.64. The second-order valence-electron chi connectivity index (χ2n) is 6.00.